The van der Waals surface area contributed by atoms with Crippen molar-refractivity contribution in [2.24, 2.45) is 0 Å². The SMILES string of the molecule is CCCCCCCC(=O)c1cccc(C)c1Cl. The van der Waals surface area contributed by atoms with Crippen LogP contribution in [-0.4, -0.2) is 5.78 Å². The van der Waals surface area contributed by atoms with E-state index >= 15 is 0 Å². The van der Waals surface area contributed by atoms with E-state index in [0.29, 0.717) is 17.0 Å². The van der Waals surface area contributed by atoms with Crippen LogP contribution in [0.25, 0.3) is 0 Å². The Morgan fingerprint density at radius 3 is 2.59 bits per heavy atom. The summed E-state index contributed by atoms with van der Waals surface area (Å²) in [4.78, 5) is 12.0. The van der Waals surface area contributed by atoms with Gasteiger partial charge < -0.3 is 0 Å². The molecule has 17 heavy (non-hydrogen) atoms. The van der Waals surface area contributed by atoms with E-state index in [0.717, 1.165) is 18.4 Å². The molecule has 2 heteroatoms. The number of Topliss-reactive ketones (excluding diaryl/α,β-unsaturated/α-hetero) is 1. The van der Waals surface area contributed by atoms with E-state index in [4.69, 9.17) is 11.6 Å². The molecule has 1 aromatic carbocycles. The van der Waals surface area contributed by atoms with Crippen molar-refractivity contribution in [3.63, 3.8) is 0 Å². The van der Waals surface area contributed by atoms with E-state index in [1.807, 2.05) is 25.1 Å². The lowest BCUT2D eigenvalue weighted by molar-refractivity contribution is 0.0979. The highest BCUT2D eigenvalue weighted by Gasteiger charge is 2.10. The minimum absolute atomic E-state index is 0.176. The van der Waals surface area contributed by atoms with Gasteiger partial charge in [-0.1, -0.05) is 56.3 Å². The molecule has 94 valence electrons. The van der Waals surface area contributed by atoms with Gasteiger partial charge in [0.05, 0.1) is 5.02 Å². The number of carbonyl (C=O) groups excluding carboxylic acids is 1. The van der Waals surface area contributed by atoms with E-state index in [1.54, 1.807) is 0 Å². The van der Waals surface area contributed by atoms with Gasteiger partial charge in [-0.15, -0.1) is 0 Å². The Bertz CT molecular complexity index is 371. The maximum absolute atomic E-state index is 12.0. The van der Waals surface area contributed by atoms with Crippen LogP contribution < -0.4 is 0 Å². The van der Waals surface area contributed by atoms with Crippen LogP contribution in [0.1, 0.15) is 61.4 Å². The van der Waals surface area contributed by atoms with Crippen LogP contribution in [0, 0.1) is 6.92 Å². The molecule has 0 saturated heterocycles. The number of carbonyl (C=O) groups is 1. The largest absolute Gasteiger partial charge is 0.294 e. The van der Waals surface area contributed by atoms with E-state index in [2.05, 4.69) is 6.92 Å². The Morgan fingerprint density at radius 1 is 1.18 bits per heavy atom. The number of rotatable bonds is 7. The number of halogens is 1. The van der Waals surface area contributed by atoms with Gasteiger partial charge >= 0.3 is 0 Å². The number of unbranched alkanes of at least 4 members (excludes halogenated alkanes) is 4. The maximum atomic E-state index is 12.0. The molecule has 0 heterocycles. The Labute approximate surface area is 109 Å². The molecule has 0 aromatic heterocycles. The van der Waals surface area contributed by atoms with Crippen molar-refractivity contribution in [2.75, 3.05) is 0 Å². The first-order chi connectivity index (χ1) is 8.16. The molecule has 0 atom stereocenters. The zero-order valence-corrected chi connectivity index (χ0v) is 11.5. The first-order valence-electron chi connectivity index (χ1n) is 6.45. The second kappa shape index (κ2) is 7.50. The molecule has 0 saturated carbocycles. The van der Waals surface area contributed by atoms with Gasteiger partial charge in [0.25, 0.3) is 0 Å². The van der Waals surface area contributed by atoms with Crippen molar-refractivity contribution in [2.45, 2.75) is 52.4 Å². The zero-order valence-electron chi connectivity index (χ0n) is 10.8. The van der Waals surface area contributed by atoms with Gasteiger partial charge in [-0.05, 0) is 25.0 Å². The molecule has 0 amide bonds. The van der Waals surface area contributed by atoms with Gasteiger partial charge in [0.1, 0.15) is 0 Å². The lowest BCUT2D eigenvalue weighted by Gasteiger charge is -2.05. The monoisotopic (exact) mass is 252 g/mol. The summed E-state index contributed by atoms with van der Waals surface area (Å²) in [6.07, 6.45) is 6.46. The van der Waals surface area contributed by atoms with Crippen molar-refractivity contribution in [1.29, 1.82) is 0 Å². The van der Waals surface area contributed by atoms with Gasteiger partial charge in [0.15, 0.2) is 5.78 Å². The highest BCUT2D eigenvalue weighted by molar-refractivity contribution is 6.34. The summed E-state index contributed by atoms with van der Waals surface area (Å²) in [6.45, 7) is 4.12. The molecule has 1 aromatic rings. The molecule has 0 fully saturated rings. The first-order valence-corrected chi connectivity index (χ1v) is 6.83. The first kappa shape index (κ1) is 14.2. The van der Waals surface area contributed by atoms with Crippen molar-refractivity contribution in [1.82, 2.24) is 0 Å². The summed E-state index contributed by atoms with van der Waals surface area (Å²) < 4.78 is 0. The van der Waals surface area contributed by atoms with Crippen LogP contribution in [-0.2, 0) is 0 Å². The highest BCUT2D eigenvalue weighted by atomic mass is 35.5. The molecular formula is C15H21ClO. The van der Waals surface area contributed by atoms with Crippen LogP contribution in [0.2, 0.25) is 5.02 Å². The van der Waals surface area contributed by atoms with Gasteiger partial charge in [-0.2, -0.15) is 0 Å². The quantitative estimate of drug-likeness (QED) is 0.482. The Balaban J connectivity index is 2.44. The van der Waals surface area contributed by atoms with E-state index in [9.17, 15) is 4.79 Å². The molecule has 0 unspecified atom stereocenters. The predicted molar refractivity (Wildman–Crippen MR) is 73.9 cm³/mol. The molecule has 0 radical (unpaired) electrons. The Morgan fingerprint density at radius 2 is 1.88 bits per heavy atom. The number of ketones is 1. The molecule has 0 aliphatic heterocycles. The van der Waals surface area contributed by atoms with Crippen LogP contribution in [0.3, 0.4) is 0 Å². The summed E-state index contributed by atoms with van der Waals surface area (Å²) in [6, 6.07) is 5.65. The molecule has 1 rings (SSSR count). The fraction of sp³-hybridized carbons (Fsp3) is 0.533. The van der Waals surface area contributed by atoms with Crippen molar-refractivity contribution in [3.8, 4) is 0 Å². The number of hydrogen-bond donors (Lipinski definition) is 0. The third-order valence-corrected chi connectivity index (χ3v) is 3.50. The average molecular weight is 253 g/mol. The third kappa shape index (κ3) is 4.51. The number of benzene rings is 1. The van der Waals surface area contributed by atoms with Crippen LogP contribution in [0.4, 0.5) is 0 Å². The minimum Gasteiger partial charge on any atom is -0.294 e. The molecule has 0 N–H and O–H groups in total. The molecule has 0 bridgehead atoms. The topological polar surface area (TPSA) is 17.1 Å². The number of aryl methyl sites for hydroxylation is 1. The second-order valence-electron chi connectivity index (χ2n) is 4.52. The third-order valence-electron chi connectivity index (χ3n) is 3.00. The van der Waals surface area contributed by atoms with E-state index in [1.165, 1.54) is 19.3 Å². The number of hydrogen-bond acceptors (Lipinski definition) is 1. The lowest BCUT2D eigenvalue weighted by Crippen LogP contribution is -2.00. The zero-order chi connectivity index (χ0) is 12.7. The molecule has 0 aliphatic carbocycles. The smallest absolute Gasteiger partial charge is 0.164 e. The van der Waals surface area contributed by atoms with E-state index < -0.39 is 0 Å². The summed E-state index contributed by atoms with van der Waals surface area (Å²) in [5.41, 5.74) is 1.66. The maximum Gasteiger partial charge on any atom is 0.164 e. The van der Waals surface area contributed by atoms with Crippen LogP contribution >= 0.6 is 11.6 Å². The fourth-order valence-electron chi connectivity index (χ4n) is 1.89. The second-order valence-corrected chi connectivity index (χ2v) is 4.90. The van der Waals surface area contributed by atoms with Crippen molar-refractivity contribution in [3.05, 3.63) is 34.3 Å². The van der Waals surface area contributed by atoms with Crippen LogP contribution in [0.15, 0.2) is 18.2 Å². The van der Waals surface area contributed by atoms with E-state index in [-0.39, 0.29) is 5.78 Å². The molecular weight excluding hydrogens is 232 g/mol. The summed E-state index contributed by atoms with van der Waals surface area (Å²) >= 11 is 6.13. The summed E-state index contributed by atoms with van der Waals surface area (Å²) in [7, 11) is 0. The van der Waals surface area contributed by atoms with Gasteiger partial charge in [-0.3, -0.25) is 4.79 Å². The van der Waals surface area contributed by atoms with Crippen molar-refractivity contribution < 1.29 is 4.79 Å². The molecule has 1 nitrogen and oxygen atoms in total. The van der Waals surface area contributed by atoms with Gasteiger partial charge in [0, 0.05) is 12.0 Å². The summed E-state index contributed by atoms with van der Waals surface area (Å²) in [5, 5.41) is 0.617. The normalized spacial score (nSPS) is 10.5. The average Bonchev–Trinajstić information content (AvgIpc) is 2.32. The highest BCUT2D eigenvalue weighted by Crippen LogP contribution is 2.22. The molecule has 0 aliphatic rings. The predicted octanol–water partition coefficient (Wildman–Crippen LogP) is 5.19. The van der Waals surface area contributed by atoms with Gasteiger partial charge in [0.2, 0.25) is 0 Å². The van der Waals surface area contributed by atoms with Gasteiger partial charge in [-0.25, -0.2) is 0 Å². The Hall–Kier alpha value is -0.820. The van der Waals surface area contributed by atoms with Crippen LogP contribution in [0.5, 0.6) is 0 Å². The fourth-order valence-corrected chi connectivity index (χ4v) is 2.12. The Kier molecular flexibility index (Phi) is 6.28. The minimum atomic E-state index is 0.176. The molecule has 0 spiro atoms. The summed E-state index contributed by atoms with van der Waals surface area (Å²) in [5.74, 6) is 0.176. The standard InChI is InChI=1S/C15H21ClO/c1-3-4-5-6-7-11-14(17)13-10-8-9-12(2)15(13)16/h8-10H,3-7,11H2,1-2H3. The lowest BCUT2D eigenvalue weighted by atomic mass is 10.0. The van der Waals surface area contributed by atoms with Crippen molar-refractivity contribution >= 4 is 17.4 Å².